The summed E-state index contributed by atoms with van der Waals surface area (Å²) in [6.07, 6.45) is 1.95. The summed E-state index contributed by atoms with van der Waals surface area (Å²) in [6.45, 7) is 0. The van der Waals surface area contributed by atoms with Crippen molar-refractivity contribution in [3.8, 4) is 0 Å². The maximum atomic E-state index is 13.0. The van der Waals surface area contributed by atoms with Gasteiger partial charge in [0, 0.05) is 17.2 Å². The average molecular weight is 456 g/mol. The fourth-order valence-corrected chi connectivity index (χ4v) is 3.59. The van der Waals surface area contributed by atoms with Crippen LogP contribution in [0.1, 0.15) is 26.6 Å². The van der Waals surface area contributed by atoms with Crippen LogP contribution in [-0.2, 0) is 9.84 Å². The lowest BCUT2D eigenvalue weighted by molar-refractivity contribution is 0.101. The van der Waals surface area contributed by atoms with Gasteiger partial charge >= 0.3 is 0 Å². The van der Waals surface area contributed by atoms with E-state index in [9.17, 15) is 18.0 Å². The first-order chi connectivity index (χ1) is 14.8. The van der Waals surface area contributed by atoms with Gasteiger partial charge < -0.3 is 9.73 Å². The van der Waals surface area contributed by atoms with Gasteiger partial charge in [-0.2, -0.15) is 0 Å². The van der Waals surface area contributed by atoms with Crippen molar-refractivity contribution in [2.24, 2.45) is 0 Å². The van der Waals surface area contributed by atoms with Gasteiger partial charge in [-0.05, 0) is 12.1 Å². The van der Waals surface area contributed by atoms with Crippen molar-refractivity contribution in [1.82, 2.24) is 9.97 Å². The number of hydrogen-bond donors (Lipinski definition) is 1. The molecule has 0 aliphatic heterocycles. The lowest BCUT2D eigenvalue weighted by Gasteiger charge is -2.08. The summed E-state index contributed by atoms with van der Waals surface area (Å²) in [5.41, 5.74) is 0.546. The first-order valence-corrected chi connectivity index (χ1v) is 11.2. The Morgan fingerprint density at radius 3 is 2.42 bits per heavy atom. The molecule has 2 aromatic carbocycles. The van der Waals surface area contributed by atoms with Crippen molar-refractivity contribution >= 4 is 49.8 Å². The number of benzene rings is 2. The number of ketones is 1. The zero-order valence-corrected chi connectivity index (χ0v) is 17.6. The smallest absolute Gasteiger partial charge is 0.276 e. The number of nitrogens with zero attached hydrogens (tertiary/aromatic N) is 2. The number of nitrogens with one attached hydrogen (secondary N) is 1. The first-order valence-electron chi connectivity index (χ1n) is 8.91. The molecule has 0 aliphatic rings. The molecule has 10 heteroatoms. The molecule has 0 fully saturated rings. The molecule has 8 nitrogen and oxygen atoms in total. The minimum Gasteiger partial charge on any atom is -0.450 e. The van der Waals surface area contributed by atoms with Gasteiger partial charge in [-0.3, -0.25) is 9.59 Å². The van der Waals surface area contributed by atoms with Crippen molar-refractivity contribution < 1.29 is 22.4 Å². The molecule has 2 heterocycles. The zero-order chi connectivity index (χ0) is 22.2. The molecule has 31 heavy (non-hydrogen) atoms. The van der Waals surface area contributed by atoms with Gasteiger partial charge in [0.15, 0.2) is 11.5 Å². The third-order valence-corrected chi connectivity index (χ3v) is 5.48. The van der Waals surface area contributed by atoms with Gasteiger partial charge in [0.2, 0.25) is 20.8 Å². The number of para-hydroxylation sites is 1. The fourth-order valence-electron chi connectivity index (χ4n) is 2.91. The van der Waals surface area contributed by atoms with Crippen LogP contribution < -0.4 is 5.32 Å². The van der Waals surface area contributed by atoms with E-state index in [0.717, 1.165) is 12.5 Å². The molecule has 0 aliphatic carbocycles. The summed E-state index contributed by atoms with van der Waals surface area (Å²) >= 11 is 6.03. The van der Waals surface area contributed by atoms with Crippen LogP contribution in [0.15, 0.2) is 70.4 Å². The van der Waals surface area contributed by atoms with E-state index < -0.39 is 26.7 Å². The van der Waals surface area contributed by atoms with Crippen LogP contribution >= 0.6 is 11.6 Å². The van der Waals surface area contributed by atoms with Gasteiger partial charge in [0.1, 0.15) is 5.58 Å². The summed E-state index contributed by atoms with van der Waals surface area (Å²) in [5, 5.41) is 2.40. The van der Waals surface area contributed by atoms with Gasteiger partial charge in [-0.15, -0.1) is 0 Å². The minimum absolute atomic E-state index is 0.0748. The molecule has 1 amide bonds. The molecular weight excluding hydrogens is 442 g/mol. The maximum absolute atomic E-state index is 13.0. The van der Waals surface area contributed by atoms with Gasteiger partial charge in [-0.25, -0.2) is 18.4 Å². The van der Waals surface area contributed by atoms with Crippen LogP contribution in [-0.4, -0.2) is 36.3 Å². The Morgan fingerprint density at radius 1 is 1.03 bits per heavy atom. The van der Waals surface area contributed by atoms with Crippen LogP contribution in [0.25, 0.3) is 11.0 Å². The molecule has 0 bridgehead atoms. The summed E-state index contributed by atoms with van der Waals surface area (Å²) < 4.78 is 29.2. The highest BCUT2D eigenvalue weighted by Gasteiger charge is 2.25. The highest BCUT2D eigenvalue weighted by atomic mass is 35.5. The molecule has 156 valence electrons. The second-order valence-corrected chi connectivity index (χ2v) is 8.89. The number of hydrogen-bond acceptors (Lipinski definition) is 7. The number of aromatic nitrogens is 2. The Kier molecular flexibility index (Phi) is 5.30. The normalized spacial score (nSPS) is 11.4. The Morgan fingerprint density at radius 2 is 1.71 bits per heavy atom. The number of sulfone groups is 1. The molecule has 0 spiro atoms. The van der Waals surface area contributed by atoms with Gasteiger partial charge in [0.05, 0.1) is 16.9 Å². The number of halogens is 1. The van der Waals surface area contributed by atoms with Crippen molar-refractivity contribution in [3.63, 3.8) is 0 Å². The monoisotopic (exact) mass is 455 g/mol. The molecule has 0 unspecified atom stereocenters. The van der Waals surface area contributed by atoms with Crippen molar-refractivity contribution in [1.29, 1.82) is 0 Å². The van der Waals surface area contributed by atoms with E-state index in [0.29, 0.717) is 16.5 Å². The number of carbonyl (C=O) groups is 2. The quantitative estimate of drug-likeness (QED) is 0.359. The average Bonchev–Trinajstić information content (AvgIpc) is 3.11. The van der Waals surface area contributed by atoms with E-state index in [1.165, 1.54) is 0 Å². The largest absolute Gasteiger partial charge is 0.450 e. The second kappa shape index (κ2) is 7.93. The SMILES string of the molecule is CS(=O)(=O)c1ncc(Cl)c(C(=O)Nc2c(C(=O)c3ccccc3)oc3ccccc23)n1. The van der Waals surface area contributed by atoms with Crippen molar-refractivity contribution in [2.75, 3.05) is 11.6 Å². The molecule has 1 N–H and O–H groups in total. The standard InChI is InChI=1S/C21H14ClN3O5S/c1-31(28,29)21-23-11-14(22)17(25-21)20(27)24-16-13-9-5-6-10-15(13)30-19(16)18(26)12-7-3-2-4-8-12/h2-11H,1H3,(H,24,27). The van der Waals surface area contributed by atoms with Crippen LogP contribution in [0.2, 0.25) is 5.02 Å². The molecule has 0 saturated heterocycles. The first kappa shape index (κ1) is 20.7. The molecule has 0 radical (unpaired) electrons. The van der Waals surface area contributed by atoms with Gasteiger partial charge in [0.25, 0.3) is 5.91 Å². The molecular formula is C21H14ClN3O5S. The topological polar surface area (TPSA) is 119 Å². The van der Waals surface area contributed by atoms with E-state index in [1.54, 1.807) is 54.6 Å². The number of rotatable bonds is 5. The number of furan rings is 1. The summed E-state index contributed by atoms with van der Waals surface area (Å²) in [7, 11) is -3.76. The molecule has 0 saturated carbocycles. The third-order valence-electron chi connectivity index (χ3n) is 4.34. The Labute approximate surface area is 181 Å². The van der Waals surface area contributed by atoms with E-state index in [2.05, 4.69) is 15.3 Å². The lowest BCUT2D eigenvalue weighted by Crippen LogP contribution is -2.18. The molecule has 0 atom stereocenters. The Hall–Kier alpha value is -3.56. The fraction of sp³-hybridized carbons (Fsp3) is 0.0476. The van der Waals surface area contributed by atoms with Crippen LogP contribution in [0.3, 0.4) is 0 Å². The van der Waals surface area contributed by atoms with E-state index in [1.807, 2.05) is 0 Å². The molecule has 4 rings (SSSR count). The highest BCUT2D eigenvalue weighted by molar-refractivity contribution is 7.90. The van der Waals surface area contributed by atoms with Crippen molar-refractivity contribution in [2.45, 2.75) is 5.16 Å². The minimum atomic E-state index is -3.76. The van der Waals surface area contributed by atoms with E-state index in [4.69, 9.17) is 16.0 Å². The van der Waals surface area contributed by atoms with Crippen LogP contribution in [0.4, 0.5) is 5.69 Å². The Bertz CT molecular complexity index is 1430. The van der Waals surface area contributed by atoms with Gasteiger partial charge in [-0.1, -0.05) is 54.1 Å². The summed E-state index contributed by atoms with van der Waals surface area (Å²) in [4.78, 5) is 33.4. The highest BCUT2D eigenvalue weighted by Crippen LogP contribution is 2.33. The zero-order valence-electron chi connectivity index (χ0n) is 16.0. The van der Waals surface area contributed by atoms with Crippen LogP contribution in [0, 0.1) is 0 Å². The number of fused-ring (bicyclic) bond motifs is 1. The number of anilines is 1. The molecule has 4 aromatic rings. The van der Waals surface area contributed by atoms with Crippen LogP contribution in [0.5, 0.6) is 0 Å². The Balaban J connectivity index is 1.80. The lowest BCUT2D eigenvalue weighted by atomic mass is 10.1. The summed E-state index contributed by atoms with van der Waals surface area (Å²) in [6, 6.07) is 15.2. The van der Waals surface area contributed by atoms with E-state index >= 15 is 0 Å². The predicted octanol–water partition coefficient (Wildman–Crippen LogP) is 3.76. The third kappa shape index (κ3) is 4.05. The number of amides is 1. The molecule has 2 aromatic heterocycles. The maximum Gasteiger partial charge on any atom is 0.276 e. The van der Waals surface area contributed by atoms with E-state index in [-0.39, 0.29) is 22.2 Å². The number of carbonyl (C=O) groups excluding carboxylic acids is 2. The second-order valence-electron chi connectivity index (χ2n) is 6.57. The van der Waals surface area contributed by atoms with Crippen molar-refractivity contribution in [3.05, 3.63) is 82.8 Å². The predicted molar refractivity (Wildman–Crippen MR) is 114 cm³/mol. The summed E-state index contributed by atoms with van der Waals surface area (Å²) in [5.74, 6) is -1.32.